The Morgan fingerprint density at radius 3 is 2.33 bits per heavy atom. The van der Waals surface area contributed by atoms with Crippen molar-refractivity contribution in [3.05, 3.63) is 54.1 Å². The van der Waals surface area contributed by atoms with Crippen molar-refractivity contribution < 1.29 is 0 Å². The van der Waals surface area contributed by atoms with Gasteiger partial charge in [-0.25, -0.2) is 4.98 Å². The van der Waals surface area contributed by atoms with E-state index in [1.807, 2.05) is 0 Å². The van der Waals surface area contributed by atoms with Crippen molar-refractivity contribution in [2.75, 3.05) is 36.4 Å². The summed E-state index contributed by atoms with van der Waals surface area (Å²) in [6.07, 6.45) is 6.95. The first kappa shape index (κ1) is 19.3. The van der Waals surface area contributed by atoms with Gasteiger partial charge < -0.3 is 10.2 Å². The zero-order chi connectivity index (χ0) is 20.3. The fourth-order valence-corrected chi connectivity index (χ4v) is 4.81. The third-order valence-corrected chi connectivity index (χ3v) is 6.59. The molecule has 2 heterocycles. The molecule has 5 rings (SSSR count). The predicted octanol–water partition coefficient (Wildman–Crippen LogP) is 5.14. The van der Waals surface area contributed by atoms with Crippen LogP contribution in [0.5, 0.6) is 0 Å². The van der Waals surface area contributed by atoms with Crippen molar-refractivity contribution in [2.24, 2.45) is 0 Å². The van der Waals surface area contributed by atoms with Crippen molar-refractivity contribution in [3.8, 4) is 0 Å². The van der Waals surface area contributed by atoms with Gasteiger partial charge in [0.2, 0.25) is 5.95 Å². The minimum Gasteiger partial charge on any atom is -0.340 e. The second-order valence-corrected chi connectivity index (χ2v) is 8.70. The van der Waals surface area contributed by atoms with Crippen LogP contribution in [0.2, 0.25) is 0 Å². The molecule has 1 aromatic heterocycles. The number of nitrogens with one attached hydrogen (secondary N) is 1. The highest BCUT2D eigenvalue weighted by molar-refractivity contribution is 5.91. The summed E-state index contributed by atoms with van der Waals surface area (Å²) in [6, 6.07) is 17.5. The topological polar surface area (TPSA) is 44.3 Å². The van der Waals surface area contributed by atoms with E-state index in [1.54, 1.807) is 0 Å². The lowest BCUT2D eigenvalue weighted by Crippen LogP contribution is -2.51. The zero-order valence-electron chi connectivity index (χ0n) is 17.8. The molecule has 1 saturated heterocycles. The maximum atomic E-state index is 4.97. The average molecular weight is 402 g/mol. The van der Waals surface area contributed by atoms with Gasteiger partial charge in [-0.05, 0) is 44.0 Å². The number of fused-ring (bicyclic) bond motifs is 1. The van der Waals surface area contributed by atoms with Crippen molar-refractivity contribution >= 4 is 28.4 Å². The molecule has 2 fully saturated rings. The molecule has 1 saturated carbocycles. The lowest BCUT2D eigenvalue weighted by Gasteiger charge is -2.40. The third-order valence-electron chi connectivity index (χ3n) is 6.59. The van der Waals surface area contributed by atoms with E-state index >= 15 is 0 Å². The highest BCUT2D eigenvalue weighted by Crippen LogP contribution is 2.28. The summed E-state index contributed by atoms with van der Waals surface area (Å²) in [7, 11) is 0. The Bertz CT molecular complexity index is 986. The van der Waals surface area contributed by atoms with E-state index < -0.39 is 0 Å². The van der Waals surface area contributed by atoms with Crippen molar-refractivity contribution in [1.82, 2.24) is 14.9 Å². The fraction of sp³-hybridized carbons (Fsp3) is 0.440. The maximum absolute atomic E-state index is 4.97. The van der Waals surface area contributed by atoms with Gasteiger partial charge in [0.05, 0.1) is 5.52 Å². The quantitative estimate of drug-likeness (QED) is 0.656. The Hall–Kier alpha value is -2.66. The van der Waals surface area contributed by atoms with Crippen LogP contribution in [0.1, 0.15) is 37.7 Å². The number of aryl methyl sites for hydroxylation is 1. The van der Waals surface area contributed by atoms with Gasteiger partial charge in [0.1, 0.15) is 5.82 Å². The first-order chi connectivity index (χ1) is 14.8. The van der Waals surface area contributed by atoms with Gasteiger partial charge in [-0.15, -0.1) is 0 Å². The smallest absolute Gasteiger partial charge is 0.227 e. The Balaban J connectivity index is 1.37. The third kappa shape index (κ3) is 4.12. The molecule has 3 aromatic rings. The van der Waals surface area contributed by atoms with Gasteiger partial charge in [0.25, 0.3) is 0 Å². The number of aromatic nitrogens is 2. The molecule has 0 spiro atoms. The van der Waals surface area contributed by atoms with E-state index in [9.17, 15) is 0 Å². The van der Waals surface area contributed by atoms with Gasteiger partial charge in [0, 0.05) is 43.3 Å². The van der Waals surface area contributed by atoms with Crippen LogP contribution in [0, 0.1) is 6.92 Å². The molecule has 2 aromatic carbocycles. The average Bonchev–Trinajstić information content (AvgIpc) is 2.81. The number of anilines is 3. The van der Waals surface area contributed by atoms with E-state index in [-0.39, 0.29) is 0 Å². The normalized spacial score (nSPS) is 18.6. The summed E-state index contributed by atoms with van der Waals surface area (Å²) in [5.41, 5.74) is 3.30. The van der Waals surface area contributed by atoms with Gasteiger partial charge in [-0.3, -0.25) is 4.90 Å². The summed E-state index contributed by atoms with van der Waals surface area (Å²) in [6.45, 7) is 6.33. The molecule has 0 amide bonds. The monoisotopic (exact) mass is 401 g/mol. The van der Waals surface area contributed by atoms with Crippen LogP contribution < -0.4 is 10.2 Å². The largest absolute Gasteiger partial charge is 0.340 e. The van der Waals surface area contributed by atoms with Crippen molar-refractivity contribution in [1.29, 1.82) is 0 Å². The molecule has 5 heteroatoms. The lowest BCUT2D eigenvalue weighted by molar-refractivity contribution is 0.147. The second-order valence-electron chi connectivity index (χ2n) is 8.70. The molecule has 2 aliphatic rings. The van der Waals surface area contributed by atoms with Gasteiger partial charge >= 0.3 is 0 Å². The Morgan fingerprint density at radius 1 is 0.833 bits per heavy atom. The Morgan fingerprint density at radius 2 is 1.57 bits per heavy atom. The second kappa shape index (κ2) is 8.60. The van der Waals surface area contributed by atoms with E-state index in [0.29, 0.717) is 0 Å². The molecule has 5 nitrogen and oxygen atoms in total. The molecule has 156 valence electrons. The Kier molecular flexibility index (Phi) is 5.54. The van der Waals surface area contributed by atoms with Crippen LogP contribution >= 0.6 is 0 Å². The van der Waals surface area contributed by atoms with E-state index in [1.165, 1.54) is 37.7 Å². The highest BCUT2D eigenvalue weighted by Gasteiger charge is 2.26. The van der Waals surface area contributed by atoms with Crippen molar-refractivity contribution in [3.63, 3.8) is 0 Å². The molecule has 30 heavy (non-hydrogen) atoms. The molecule has 0 radical (unpaired) electrons. The van der Waals surface area contributed by atoms with E-state index in [2.05, 4.69) is 70.6 Å². The summed E-state index contributed by atoms with van der Waals surface area (Å²) in [5, 5.41) is 4.58. The number of para-hydroxylation sites is 1. The zero-order valence-corrected chi connectivity index (χ0v) is 17.8. The molecule has 1 aliphatic heterocycles. The molecule has 0 bridgehead atoms. The fourth-order valence-electron chi connectivity index (χ4n) is 4.81. The standard InChI is InChI=1S/C25H31N5/c1-19-11-13-20(14-12-19)26-24-22-9-5-6-10-23(22)27-25(28-24)30-17-15-29(16-18-30)21-7-3-2-4-8-21/h5-6,9-14,21H,2-4,7-8,15-18H2,1H3,(H,26,27,28). The molecule has 1 aliphatic carbocycles. The van der Waals surface area contributed by atoms with Crippen LogP contribution in [0.4, 0.5) is 17.5 Å². The summed E-state index contributed by atoms with van der Waals surface area (Å²) in [4.78, 5) is 14.9. The number of rotatable bonds is 4. The summed E-state index contributed by atoms with van der Waals surface area (Å²) >= 11 is 0. The highest BCUT2D eigenvalue weighted by atomic mass is 15.3. The first-order valence-electron chi connectivity index (χ1n) is 11.4. The van der Waals surface area contributed by atoms with Gasteiger partial charge in [-0.2, -0.15) is 4.98 Å². The number of hydrogen-bond acceptors (Lipinski definition) is 5. The van der Waals surface area contributed by atoms with Crippen LogP contribution in [-0.4, -0.2) is 47.1 Å². The van der Waals surface area contributed by atoms with E-state index in [0.717, 1.165) is 60.6 Å². The van der Waals surface area contributed by atoms with Gasteiger partial charge in [0.15, 0.2) is 0 Å². The van der Waals surface area contributed by atoms with E-state index in [4.69, 9.17) is 9.97 Å². The van der Waals surface area contributed by atoms with Gasteiger partial charge in [-0.1, -0.05) is 49.1 Å². The van der Waals surface area contributed by atoms with Crippen LogP contribution in [0.3, 0.4) is 0 Å². The molecule has 1 N–H and O–H groups in total. The Labute approximate surface area is 179 Å². The molecular weight excluding hydrogens is 370 g/mol. The van der Waals surface area contributed by atoms with Crippen LogP contribution in [0.15, 0.2) is 48.5 Å². The van der Waals surface area contributed by atoms with Crippen LogP contribution in [0.25, 0.3) is 10.9 Å². The number of piperazine rings is 1. The summed E-state index contributed by atoms with van der Waals surface area (Å²) in [5.74, 6) is 1.72. The number of benzene rings is 2. The number of nitrogens with zero attached hydrogens (tertiary/aromatic N) is 4. The first-order valence-corrected chi connectivity index (χ1v) is 11.4. The lowest BCUT2D eigenvalue weighted by atomic mass is 9.94. The minimum absolute atomic E-state index is 0.789. The molecule has 0 atom stereocenters. The maximum Gasteiger partial charge on any atom is 0.227 e. The summed E-state index contributed by atoms with van der Waals surface area (Å²) < 4.78 is 0. The minimum atomic E-state index is 0.789. The predicted molar refractivity (Wildman–Crippen MR) is 125 cm³/mol. The molecule has 0 unspecified atom stereocenters. The SMILES string of the molecule is Cc1ccc(Nc2nc(N3CCN(C4CCCCC4)CC3)nc3ccccc23)cc1. The van der Waals surface area contributed by atoms with Crippen LogP contribution in [-0.2, 0) is 0 Å². The molecular formula is C25H31N5. The van der Waals surface area contributed by atoms with Crippen molar-refractivity contribution in [2.45, 2.75) is 45.1 Å². The number of hydrogen-bond donors (Lipinski definition) is 1.